The first-order valence-corrected chi connectivity index (χ1v) is 5.26. The Morgan fingerprint density at radius 2 is 1.35 bits per heavy atom. The van der Waals surface area contributed by atoms with Crippen LogP contribution in [0.3, 0.4) is 0 Å². The lowest BCUT2D eigenvalue weighted by Crippen LogP contribution is -1.99. The number of hydrogen-bond donors (Lipinski definition) is 3. The van der Waals surface area contributed by atoms with E-state index in [1.54, 1.807) is 0 Å². The van der Waals surface area contributed by atoms with Gasteiger partial charge in [-0.05, 0) is 12.3 Å². The SMILES string of the molecule is CC(=O)O.CC(C)CC(=O)O.CCCC(=O)O. The first-order chi connectivity index (χ1) is 7.63. The van der Waals surface area contributed by atoms with Crippen LogP contribution in [0.4, 0.5) is 0 Å². The minimum Gasteiger partial charge on any atom is -0.481 e. The van der Waals surface area contributed by atoms with Gasteiger partial charge < -0.3 is 15.3 Å². The van der Waals surface area contributed by atoms with Gasteiger partial charge in [-0.25, -0.2) is 0 Å². The molecule has 0 amide bonds. The molecule has 0 atom stereocenters. The molecule has 0 bridgehead atoms. The second-order valence-corrected chi connectivity index (χ2v) is 3.65. The van der Waals surface area contributed by atoms with Crippen molar-refractivity contribution in [3.8, 4) is 0 Å². The van der Waals surface area contributed by atoms with E-state index in [1.165, 1.54) is 0 Å². The Kier molecular flexibility index (Phi) is 17.6. The molecular weight excluding hydrogens is 228 g/mol. The predicted molar refractivity (Wildman–Crippen MR) is 62.9 cm³/mol. The van der Waals surface area contributed by atoms with Crippen LogP contribution in [0.2, 0.25) is 0 Å². The Labute approximate surface area is 101 Å². The Bertz CT molecular complexity index is 218. The lowest BCUT2D eigenvalue weighted by molar-refractivity contribution is -0.138. The molecule has 17 heavy (non-hydrogen) atoms. The summed E-state index contributed by atoms with van der Waals surface area (Å²) in [4.78, 5) is 28.4. The van der Waals surface area contributed by atoms with E-state index in [2.05, 4.69) is 0 Å². The summed E-state index contributed by atoms with van der Waals surface area (Å²) in [6.45, 7) is 6.69. The standard InChI is InChI=1S/C5H10O2.C4H8O2.C2H4O2/c1-4(2)3-5(6)7;1-2-3-4(5)6;1-2(3)4/h4H,3H2,1-2H3,(H,6,7);2-3H2,1H3,(H,5,6);1H3,(H,3,4). The van der Waals surface area contributed by atoms with Gasteiger partial charge in [0, 0.05) is 19.8 Å². The average Bonchev–Trinajstić information content (AvgIpc) is 1.99. The molecular formula is C11H22O6. The van der Waals surface area contributed by atoms with E-state index < -0.39 is 17.9 Å². The highest BCUT2D eigenvalue weighted by Gasteiger charge is 1.98. The third-order valence-electron chi connectivity index (χ3n) is 1.05. The van der Waals surface area contributed by atoms with Crippen molar-refractivity contribution < 1.29 is 29.7 Å². The summed E-state index contributed by atoms with van der Waals surface area (Å²) in [5.41, 5.74) is 0. The molecule has 3 N–H and O–H groups in total. The van der Waals surface area contributed by atoms with Gasteiger partial charge in [0.25, 0.3) is 5.97 Å². The van der Waals surface area contributed by atoms with Crippen molar-refractivity contribution in [2.45, 2.75) is 47.0 Å². The zero-order chi connectivity index (χ0) is 14.4. The van der Waals surface area contributed by atoms with Gasteiger partial charge in [0.15, 0.2) is 0 Å². The molecule has 0 unspecified atom stereocenters. The van der Waals surface area contributed by atoms with Gasteiger partial charge in [-0.2, -0.15) is 0 Å². The van der Waals surface area contributed by atoms with Crippen molar-refractivity contribution in [2.75, 3.05) is 0 Å². The Balaban J connectivity index is -0.000000180. The van der Waals surface area contributed by atoms with E-state index in [-0.39, 0.29) is 12.3 Å². The number of carboxylic acids is 3. The molecule has 0 fully saturated rings. The zero-order valence-corrected chi connectivity index (χ0v) is 10.8. The predicted octanol–water partition coefficient (Wildman–Crippen LogP) is 2.08. The third-order valence-corrected chi connectivity index (χ3v) is 1.05. The number of hydrogen-bond acceptors (Lipinski definition) is 3. The third kappa shape index (κ3) is 75.8. The van der Waals surface area contributed by atoms with Gasteiger partial charge >= 0.3 is 11.9 Å². The minimum atomic E-state index is -0.833. The highest BCUT2D eigenvalue weighted by Crippen LogP contribution is 1.96. The molecule has 6 heteroatoms. The lowest BCUT2D eigenvalue weighted by Gasteiger charge is -1.94. The number of carboxylic acid groups (broad SMARTS) is 3. The fraction of sp³-hybridized carbons (Fsp3) is 0.727. The van der Waals surface area contributed by atoms with Gasteiger partial charge in [0.2, 0.25) is 0 Å². The van der Waals surface area contributed by atoms with Gasteiger partial charge in [-0.3, -0.25) is 14.4 Å². The highest BCUT2D eigenvalue weighted by molar-refractivity contribution is 5.67. The van der Waals surface area contributed by atoms with Crippen LogP contribution in [0, 0.1) is 5.92 Å². The maximum Gasteiger partial charge on any atom is 0.303 e. The summed E-state index contributed by atoms with van der Waals surface area (Å²) >= 11 is 0. The normalized spacial score (nSPS) is 8.29. The van der Waals surface area contributed by atoms with Gasteiger partial charge in [-0.15, -0.1) is 0 Å². The summed E-state index contributed by atoms with van der Waals surface area (Å²) in [6.07, 6.45) is 1.30. The maximum atomic E-state index is 9.81. The second-order valence-electron chi connectivity index (χ2n) is 3.65. The molecule has 0 rings (SSSR count). The first kappa shape index (κ1) is 20.8. The number of aliphatic carboxylic acids is 3. The molecule has 0 saturated carbocycles. The summed E-state index contributed by atoms with van der Waals surface area (Å²) in [5.74, 6) is -1.98. The minimum absolute atomic E-state index is 0.275. The topological polar surface area (TPSA) is 112 Å². The fourth-order valence-corrected chi connectivity index (χ4v) is 0.563. The van der Waals surface area contributed by atoms with Crippen molar-refractivity contribution >= 4 is 17.9 Å². The maximum absolute atomic E-state index is 9.81. The molecule has 0 spiro atoms. The lowest BCUT2D eigenvalue weighted by atomic mass is 10.1. The molecule has 0 aromatic carbocycles. The molecule has 102 valence electrons. The largest absolute Gasteiger partial charge is 0.481 e. The molecule has 0 aliphatic heterocycles. The molecule has 6 nitrogen and oxygen atoms in total. The van der Waals surface area contributed by atoms with Crippen LogP contribution in [-0.4, -0.2) is 33.2 Å². The van der Waals surface area contributed by atoms with Crippen LogP contribution < -0.4 is 0 Å². The summed E-state index contributed by atoms with van der Waals surface area (Å²) in [5, 5.41) is 23.4. The van der Waals surface area contributed by atoms with Crippen LogP contribution in [0.25, 0.3) is 0 Å². The van der Waals surface area contributed by atoms with Crippen LogP contribution in [0.5, 0.6) is 0 Å². The summed E-state index contributed by atoms with van der Waals surface area (Å²) < 4.78 is 0. The first-order valence-electron chi connectivity index (χ1n) is 5.26. The molecule has 0 aliphatic rings. The smallest absolute Gasteiger partial charge is 0.303 e. The van der Waals surface area contributed by atoms with E-state index in [9.17, 15) is 9.59 Å². The van der Waals surface area contributed by atoms with Crippen LogP contribution in [-0.2, 0) is 14.4 Å². The van der Waals surface area contributed by atoms with Gasteiger partial charge in [-0.1, -0.05) is 20.8 Å². The number of rotatable bonds is 4. The number of carbonyl (C=O) groups is 3. The van der Waals surface area contributed by atoms with Gasteiger partial charge in [0.05, 0.1) is 0 Å². The molecule has 0 aromatic heterocycles. The average molecular weight is 250 g/mol. The molecule has 0 saturated heterocycles. The quantitative estimate of drug-likeness (QED) is 0.704. The highest BCUT2D eigenvalue weighted by atomic mass is 16.4. The van der Waals surface area contributed by atoms with Crippen LogP contribution >= 0.6 is 0 Å². The van der Waals surface area contributed by atoms with Crippen molar-refractivity contribution in [1.29, 1.82) is 0 Å². The zero-order valence-electron chi connectivity index (χ0n) is 10.8. The van der Waals surface area contributed by atoms with E-state index in [1.807, 2.05) is 20.8 Å². The monoisotopic (exact) mass is 250 g/mol. The van der Waals surface area contributed by atoms with Crippen molar-refractivity contribution in [1.82, 2.24) is 0 Å². The van der Waals surface area contributed by atoms with Crippen LogP contribution in [0.15, 0.2) is 0 Å². The molecule has 0 heterocycles. The van der Waals surface area contributed by atoms with E-state index in [0.717, 1.165) is 13.3 Å². The van der Waals surface area contributed by atoms with Crippen molar-refractivity contribution in [2.24, 2.45) is 5.92 Å². The van der Waals surface area contributed by atoms with Crippen molar-refractivity contribution in [3.05, 3.63) is 0 Å². The fourth-order valence-electron chi connectivity index (χ4n) is 0.563. The van der Waals surface area contributed by atoms with E-state index in [0.29, 0.717) is 6.42 Å². The summed E-state index contributed by atoms with van der Waals surface area (Å²) in [6, 6.07) is 0. The van der Waals surface area contributed by atoms with Crippen LogP contribution in [0.1, 0.15) is 47.0 Å². The molecule has 0 radical (unpaired) electrons. The van der Waals surface area contributed by atoms with Crippen molar-refractivity contribution in [3.63, 3.8) is 0 Å². The van der Waals surface area contributed by atoms with E-state index >= 15 is 0 Å². The van der Waals surface area contributed by atoms with E-state index in [4.69, 9.17) is 20.1 Å². The Morgan fingerprint density at radius 1 is 1.00 bits per heavy atom. The second kappa shape index (κ2) is 14.4. The van der Waals surface area contributed by atoms with Gasteiger partial charge in [0.1, 0.15) is 0 Å². The Morgan fingerprint density at radius 3 is 1.35 bits per heavy atom. The molecule has 0 aliphatic carbocycles. The Hall–Kier alpha value is -1.59. The summed E-state index contributed by atoms with van der Waals surface area (Å²) in [7, 11) is 0. The molecule has 0 aromatic rings.